The van der Waals surface area contributed by atoms with E-state index >= 15 is 0 Å². The van der Waals surface area contributed by atoms with Gasteiger partial charge in [0.1, 0.15) is 11.2 Å². The Morgan fingerprint density at radius 2 is 1.02 bits per heavy atom. The van der Waals surface area contributed by atoms with Gasteiger partial charge >= 0.3 is 0 Å². The molecule has 0 saturated heterocycles. The maximum Gasteiger partial charge on any atom is 0.137 e. The van der Waals surface area contributed by atoms with Gasteiger partial charge in [0.15, 0.2) is 0 Å². The van der Waals surface area contributed by atoms with Gasteiger partial charge in [0.25, 0.3) is 0 Å². The number of nitrogens with zero attached hydrogens (tertiary/aromatic N) is 3. The van der Waals surface area contributed by atoms with E-state index in [1.165, 1.54) is 38.0 Å². The molecule has 0 N–H and O–H groups in total. The third-order valence-corrected chi connectivity index (χ3v) is 11.9. The standard InChI is InChI=1S/C55H35N3O/c1-2-13-40-34-54-48(33-39(40)12-1)55-52(21-10-22-53(55)59-54)58(49-20-9-14-36-11-3-4-15-44(36)49)42-27-28-43(47(35-42)38-29-31-56-32-30-38)37-23-25-41(26-24-37)57-50-18-7-5-16-45(50)46-17-6-8-19-51(46)57/h1-35H. The van der Waals surface area contributed by atoms with Crippen LogP contribution in [-0.4, -0.2) is 9.55 Å². The molecule has 0 unspecified atom stereocenters. The Morgan fingerprint density at radius 1 is 0.407 bits per heavy atom. The first-order chi connectivity index (χ1) is 29.3. The molecule has 0 fully saturated rings. The second-order valence-corrected chi connectivity index (χ2v) is 15.2. The fourth-order valence-electron chi connectivity index (χ4n) is 9.17. The van der Waals surface area contributed by atoms with Crippen LogP contribution in [0.3, 0.4) is 0 Å². The molecule has 0 aliphatic rings. The summed E-state index contributed by atoms with van der Waals surface area (Å²) >= 11 is 0. The average molecular weight is 754 g/mol. The van der Waals surface area contributed by atoms with Crippen LogP contribution in [-0.2, 0) is 0 Å². The zero-order valence-electron chi connectivity index (χ0n) is 32.0. The Bertz CT molecular complexity index is 3500. The van der Waals surface area contributed by atoms with E-state index in [9.17, 15) is 0 Å². The molecule has 0 aliphatic carbocycles. The number of hydrogen-bond donors (Lipinski definition) is 0. The third kappa shape index (κ3) is 5.34. The van der Waals surface area contributed by atoms with Gasteiger partial charge in [-0.3, -0.25) is 4.98 Å². The summed E-state index contributed by atoms with van der Waals surface area (Å²) in [6.07, 6.45) is 3.75. The molecule has 12 rings (SSSR count). The number of rotatable bonds is 6. The molecule has 0 amide bonds. The molecule has 276 valence electrons. The Balaban J connectivity index is 1.07. The number of pyridine rings is 1. The number of fused-ring (bicyclic) bond motifs is 8. The van der Waals surface area contributed by atoms with E-state index in [0.717, 1.165) is 72.3 Å². The summed E-state index contributed by atoms with van der Waals surface area (Å²) in [6.45, 7) is 0. The van der Waals surface area contributed by atoms with E-state index in [1.807, 2.05) is 12.4 Å². The Kier molecular flexibility index (Phi) is 7.50. The van der Waals surface area contributed by atoms with Crippen LogP contribution >= 0.6 is 0 Å². The fraction of sp³-hybridized carbons (Fsp3) is 0. The number of para-hydroxylation sites is 2. The van der Waals surface area contributed by atoms with Crippen LogP contribution in [0, 0.1) is 0 Å². The van der Waals surface area contributed by atoms with Gasteiger partial charge < -0.3 is 13.9 Å². The topological polar surface area (TPSA) is 34.2 Å². The average Bonchev–Trinajstić information content (AvgIpc) is 3.84. The molecule has 0 atom stereocenters. The van der Waals surface area contributed by atoms with Crippen LogP contribution < -0.4 is 4.90 Å². The van der Waals surface area contributed by atoms with Crippen molar-refractivity contribution < 1.29 is 4.42 Å². The maximum atomic E-state index is 6.63. The van der Waals surface area contributed by atoms with Crippen molar-refractivity contribution in [3.8, 4) is 27.9 Å². The smallest absolute Gasteiger partial charge is 0.137 e. The normalized spacial score (nSPS) is 11.7. The lowest BCUT2D eigenvalue weighted by molar-refractivity contribution is 0.669. The minimum absolute atomic E-state index is 0.854. The van der Waals surface area contributed by atoms with Crippen molar-refractivity contribution >= 4 is 82.4 Å². The summed E-state index contributed by atoms with van der Waals surface area (Å²) in [5.41, 5.74) is 12.9. The lowest BCUT2D eigenvalue weighted by Crippen LogP contribution is -2.11. The van der Waals surface area contributed by atoms with E-state index in [4.69, 9.17) is 4.42 Å². The number of benzene rings is 9. The second kappa shape index (κ2) is 13.3. The molecule has 4 heteroatoms. The molecule has 0 saturated carbocycles. The van der Waals surface area contributed by atoms with Gasteiger partial charge in [0.2, 0.25) is 0 Å². The van der Waals surface area contributed by atoms with Crippen molar-refractivity contribution in [3.63, 3.8) is 0 Å². The second-order valence-electron chi connectivity index (χ2n) is 15.2. The van der Waals surface area contributed by atoms with Crippen molar-refractivity contribution in [3.05, 3.63) is 213 Å². The van der Waals surface area contributed by atoms with Crippen LogP contribution in [0.5, 0.6) is 0 Å². The van der Waals surface area contributed by atoms with E-state index in [-0.39, 0.29) is 0 Å². The van der Waals surface area contributed by atoms with Crippen molar-refractivity contribution in [1.82, 2.24) is 9.55 Å². The molecule has 0 spiro atoms. The molecule has 0 bridgehead atoms. The molecule has 3 aromatic heterocycles. The zero-order chi connectivity index (χ0) is 38.9. The summed E-state index contributed by atoms with van der Waals surface area (Å²) in [6, 6.07) is 71.9. The number of furan rings is 1. The Hall–Kier alpha value is -7.95. The van der Waals surface area contributed by atoms with E-state index < -0.39 is 0 Å². The minimum atomic E-state index is 0.854. The summed E-state index contributed by atoms with van der Waals surface area (Å²) < 4.78 is 9.00. The highest BCUT2D eigenvalue weighted by molar-refractivity contribution is 6.17. The molecule has 9 aromatic carbocycles. The van der Waals surface area contributed by atoms with Crippen molar-refractivity contribution in [2.24, 2.45) is 0 Å². The molecular formula is C55H35N3O. The minimum Gasteiger partial charge on any atom is -0.456 e. The van der Waals surface area contributed by atoms with Crippen molar-refractivity contribution in [2.45, 2.75) is 0 Å². The van der Waals surface area contributed by atoms with Gasteiger partial charge in [0, 0.05) is 45.3 Å². The first-order valence-electron chi connectivity index (χ1n) is 20.0. The van der Waals surface area contributed by atoms with Gasteiger partial charge in [-0.05, 0) is 117 Å². The quantitative estimate of drug-likeness (QED) is 0.170. The molecule has 59 heavy (non-hydrogen) atoms. The highest BCUT2D eigenvalue weighted by atomic mass is 16.3. The molecular weight excluding hydrogens is 719 g/mol. The van der Waals surface area contributed by atoms with Crippen LogP contribution in [0.2, 0.25) is 0 Å². The summed E-state index contributed by atoms with van der Waals surface area (Å²) in [5.74, 6) is 0. The lowest BCUT2D eigenvalue weighted by Gasteiger charge is -2.28. The molecule has 4 nitrogen and oxygen atoms in total. The van der Waals surface area contributed by atoms with Crippen molar-refractivity contribution in [2.75, 3.05) is 4.90 Å². The van der Waals surface area contributed by atoms with Crippen molar-refractivity contribution in [1.29, 1.82) is 0 Å². The Labute approximate surface area is 340 Å². The number of aromatic nitrogens is 2. The van der Waals surface area contributed by atoms with Crippen LogP contribution in [0.4, 0.5) is 17.1 Å². The summed E-state index contributed by atoms with van der Waals surface area (Å²) in [7, 11) is 0. The van der Waals surface area contributed by atoms with E-state index in [2.05, 4.69) is 215 Å². The predicted molar refractivity (Wildman–Crippen MR) is 246 cm³/mol. The Morgan fingerprint density at radius 3 is 1.78 bits per heavy atom. The highest BCUT2D eigenvalue weighted by Gasteiger charge is 2.23. The molecule has 3 heterocycles. The number of hydrogen-bond acceptors (Lipinski definition) is 3. The van der Waals surface area contributed by atoms with Gasteiger partial charge in [-0.1, -0.05) is 121 Å². The lowest BCUT2D eigenvalue weighted by atomic mass is 9.93. The monoisotopic (exact) mass is 753 g/mol. The van der Waals surface area contributed by atoms with Gasteiger partial charge in [-0.25, -0.2) is 0 Å². The fourth-order valence-corrected chi connectivity index (χ4v) is 9.17. The van der Waals surface area contributed by atoms with E-state index in [1.54, 1.807) is 0 Å². The summed E-state index contributed by atoms with van der Waals surface area (Å²) in [5, 5.41) is 9.37. The first-order valence-corrected chi connectivity index (χ1v) is 20.0. The molecule has 0 radical (unpaired) electrons. The third-order valence-electron chi connectivity index (χ3n) is 11.9. The first kappa shape index (κ1) is 33.2. The molecule has 0 aliphatic heterocycles. The van der Waals surface area contributed by atoms with Crippen LogP contribution in [0.15, 0.2) is 217 Å². The largest absolute Gasteiger partial charge is 0.456 e. The summed E-state index contributed by atoms with van der Waals surface area (Å²) in [4.78, 5) is 6.82. The molecule has 12 aromatic rings. The SMILES string of the molecule is c1ccc2cc3c(cc2c1)oc1cccc(N(c2ccc(-c4ccc(-n5c6ccccc6c6ccccc65)cc4)c(-c4ccncc4)c2)c2cccc4ccccc24)c13. The zero-order valence-corrected chi connectivity index (χ0v) is 32.0. The highest BCUT2D eigenvalue weighted by Crippen LogP contribution is 2.47. The van der Waals surface area contributed by atoms with E-state index in [0.29, 0.717) is 0 Å². The predicted octanol–water partition coefficient (Wildman–Crippen LogP) is 15.2. The van der Waals surface area contributed by atoms with Gasteiger partial charge in [-0.2, -0.15) is 0 Å². The van der Waals surface area contributed by atoms with Crippen LogP contribution in [0.25, 0.3) is 93.2 Å². The van der Waals surface area contributed by atoms with Crippen LogP contribution in [0.1, 0.15) is 0 Å². The van der Waals surface area contributed by atoms with Gasteiger partial charge in [-0.15, -0.1) is 0 Å². The number of anilines is 3. The maximum absolute atomic E-state index is 6.63. The van der Waals surface area contributed by atoms with Gasteiger partial charge in [0.05, 0.1) is 27.8 Å².